The summed E-state index contributed by atoms with van der Waals surface area (Å²) in [6, 6.07) is 24.6. The molecular weight excluding hydrogens is 416 g/mol. The Bertz CT molecular complexity index is 1230. The first-order chi connectivity index (χ1) is 16.1. The van der Waals surface area contributed by atoms with E-state index in [0.29, 0.717) is 29.4 Å². The van der Waals surface area contributed by atoms with Gasteiger partial charge in [-0.15, -0.1) is 0 Å². The summed E-state index contributed by atoms with van der Waals surface area (Å²) in [4.78, 5) is 23.9. The number of carbonyl (C=O) groups excluding carboxylic acids is 1. The molecule has 0 saturated carbocycles. The molecular formula is C25H24N6O2. The molecule has 0 aliphatic carbocycles. The molecule has 8 nitrogen and oxygen atoms in total. The number of carbonyl (C=O) groups is 1. The topological polar surface area (TPSA) is 96.6 Å². The number of hydrogen-bond acceptors (Lipinski definition) is 7. The van der Waals surface area contributed by atoms with E-state index in [0.717, 1.165) is 17.1 Å². The summed E-state index contributed by atoms with van der Waals surface area (Å²) >= 11 is 0. The van der Waals surface area contributed by atoms with E-state index in [9.17, 15) is 4.79 Å². The number of hydrogen-bond donors (Lipinski definition) is 2. The molecule has 33 heavy (non-hydrogen) atoms. The van der Waals surface area contributed by atoms with Crippen molar-refractivity contribution in [3.8, 4) is 11.5 Å². The maximum atomic E-state index is 12.1. The van der Waals surface area contributed by atoms with Gasteiger partial charge in [0.25, 0.3) is 0 Å². The minimum atomic E-state index is 0.253. The Kier molecular flexibility index (Phi) is 6.36. The molecule has 0 aliphatic heterocycles. The van der Waals surface area contributed by atoms with Gasteiger partial charge in [0, 0.05) is 25.5 Å². The number of benzene rings is 3. The molecule has 4 rings (SSSR count). The van der Waals surface area contributed by atoms with Gasteiger partial charge in [0.05, 0.1) is 5.69 Å². The molecule has 1 aromatic heterocycles. The predicted octanol–water partition coefficient (Wildman–Crippen LogP) is 4.96. The van der Waals surface area contributed by atoms with E-state index < -0.39 is 0 Å². The Morgan fingerprint density at radius 1 is 0.909 bits per heavy atom. The molecule has 0 bridgehead atoms. The number of nitrogen functional groups attached to an aromatic ring is 1. The molecule has 0 spiro atoms. The second-order valence-electron chi connectivity index (χ2n) is 7.17. The lowest BCUT2D eigenvalue weighted by Crippen LogP contribution is -2.22. The van der Waals surface area contributed by atoms with Gasteiger partial charge in [0.15, 0.2) is 11.6 Å². The number of anilines is 6. The zero-order valence-electron chi connectivity index (χ0n) is 18.3. The molecule has 1 heterocycles. The highest BCUT2D eigenvalue weighted by Crippen LogP contribution is 2.38. The Hall–Kier alpha value is -4.59. The predicted molar refractivity (Wildman–Crippen MR) is 132 cm³/mol. The van der Waals surface area contributed by atoms with Crippen LogP contribution >= 0.6 is 0 Å². The normalized spacial score (nSPS) is 10.4. The van der Waals surface area contributed by atoms with E-state index in [1.807, 2.05) is 97.9 Å². The third-order valence-corrected chi connectivity index (χ3v) is 5.12. The molecule has 0 unspecified atom stereocenters. The first-order valence-electron chi connectivity index (χ1n) is 10.3. The number of para-hydroxylation sites is 1. The van der Waals surface area contributed by atoms with Crippen LogP contribution in [0.25, 0.3) is 0 Å². The van der Waals surface area contributed by atoms with E-state index >= 15 is 0 Å². The molecule has 3 N–H and O–H groups in total. The molecule has 1 amide bonds. The quantitative estimate of drug-likeness (QED) is 0.374. The summed E-state index contributed by atoms with van der Waals surface area (Å²) < 4.78 is 5.87. The number of nitrogens with zero attached hydrogens (tertiary/aromatic N) is 4. The molecule has 0 fully saturated rings. The van der Waals surface area contributed by atoms with E-state index in [2.05, 4.69) is 15.3 Å². The maximum Gasteiger partial charge on any atom is 0.219 e. The number of nitrogens with two attached hydrogens (primary N) is 1. The van der Waals surface area contributed by atoms with Crippen molar-refractivity contribution < 1.29 is 9.53 Å². The largest absolute Gasteiger partial charge is 0.457 e. The van der Waals surface area contributed by atoms with Crippen LogP contribution < -0.4 is 25.6 Å². The second kappa shape index (κ2) is 9.69. The maximum absolute atomic E-state index is 12.1. The van der Waals surface area contributed by atoms with Gasteiger partial charge in [-0.1, -0.05) is 24.3 Å². The zero-order valence-corrected chi connectivity index (χ0v) is 18.3. The van der Waals surface area contributed by atoms with Gasteiger partial charge >= 0.3 is 0 Å². The summed E-state index contributed by atoms with van der Waals surface area (Å²) in [7, 11) is 3.66. The van der Waals surface area contributed by atoms with E-state index in [1.165, 1.54) is 11.2 Å². The summed E-state index contributed by atoms with van der Waals surface area (Å²) in [6.07, 6.45) is 2.06. The van der Waals surface area contributed by atoms with Crippen molar-refractivity contribution in [3.05, 3.63) is 85.2 Å². The average Bonchev–Trinajstić information content (AvgIpc) is 2.85. The highest BCUT2D eigenvalue weighted by atomic mass is 16.5. The van der Waals surface area contributed by atoms with Crippen LogP contribution in [0, 0.1) is 0 Å². The number of amides is 1. The smallest absolute Gasteiger partial charge is 0.219 e. The van der Waals surface area contributed by atoms with Crippen LogP contribution in [0.15, 0.2) is 85.2 Å². The van der Waals surface area contributed by atoms with Crippen LogP contribution in [0.2, 0.25) is 0 Å². The summed E-state index contributed by atoms with van der Waals surface area (Å²) in [5.74, 6) is 2.09. The van der Waals surface area contributed by atoms with Crippen molar-refractivity contribution in [1.29, 1.82) is 0 Å². The van der Waals surface area contributed by atoms with Crippen molar-refractivity contribution in [2.45, 2.75) is 0 Å². The summed E-state index contributed by atoms with van der Waals surface area (Å²) in [6.45, 7) is 0. The van der Waals surface area contributed by atoms with Crippen LogP contribution in [0.3, 0.4) is 0 Å². The Balaban J connectivity index is 1.66. The van der Waals surface area contributed by atoms with Gasteiger partial charge < -0.3 is 20.7 Å². The standard InChI is InChI=1S/C25H24N6O2/c1-27-18-7-6-8-20(15-18)31(17-32)25-23(24(26)28-16-29-25)30(2)19-11-13-22(14-12-19)33-21-9-4-3-5-10-21/h3-17,27H,1-2H3,(H2,26,28,29). The summed E-state index contributed by atoms with van der Waals surface area (Å²) in [5, 5.41) is 3.07. The number of nitrogens with one attached hydrogen (secondary N) is 1. The van der Waals surface area contributed by atoms with Crippen molar-refractivity contribution in [2.24, 2.45) is 0 Å². The van der Waals surface area contributed by atoms with Crippen molar-refractivity contribution in [2.75, 3.05) is 34.9 Å². The highest BCUT2D eigenvalue weighted by molar-refractivity contribution is 5.94. The highest BCUT2D eigenvalue weighted by Gasteiger charge is 2.22. The van der Waals surface area contributed by atoms with Gasteiger partial charge in [-0.05, 0) is 54.6 Å². The third kappa shape index (κ3) is 4.69. The van der Waals surface area contributed by atoms with Crippen molar-refractivity contribution >= 4 is 40.8 Å². The number of ether oxygens (including phenoxy) is 1. The fourth-order valence-electron chi connectivity index (χ4n) is 3.42. The molecule has 166 valence electrons. The Morgan fingerprint density at radius 2 is 1.64 bits per heavy atom. The molecule has 0 aliphatic rings. The van der Waals surface area contributed by atoms with Crippen LogP contribution in [0.1, 0.15) is 0 Å². The third-order valence-electron chi connectivity index (χ3n) is 5.12. The van der Waals surface area contributed by atoms with Crippen LogP contribution in [0.5, 0.6) is 11.5 Å². The van der Waals surface area contributed by atoms with Crippen molar-refractivity contribution in [3.63, 3.8) is 0 Å². The van der Waals surface area contributed by atoms with Gasteiger partial charge in [-0.2, -0.15) is 0 Å². The first kappa shape index (κ1) is 21.6. The Morgan fingerprint density at radius 3 is 2.33 bits per heavy atom. The average molecular weight is 441 g/mol. The van der Waals surface area contributed by atoms with Crippen LogP contribution in [-0.4, -0.2) is 30.5 Å². The van der Waals surface area contributed by atoms with Gasteiger partial charge in [-0.3, -0.25) is 9.69 Å². The lowest BCUT2D eigenvalue weighted by Gasteiger charge is -2.27. The number of rotatable bonds is 8. The van der Waals surface area contributed by atoms with Gasteiger partial charge in [-0.25, -0.2) is 9.97 Å². The zero-order chi connectivity index (χ0) is 23.2. The fraction of sp³-hybridized carbons (Fsp3) is 0.0800. The second-order valence-corrected chi connectivity index (χ2v) is 7.17. The summed E-state index contributed by atoms with van der Waals surface area (Å²) in [5.41, 5.74) is 9.10. The minimum absolute atomic E-state index is 0.253. The fourth-order valence-corrected chi connectivity index (χ4v) is 3.42. The first-order valence-corrected chi connectivity index (χ1v) is 10.3. The SMILES string of the molecule is CNc1cccc(N(C=O)c2ncnc(N)c2N(C)c2ccc(Oc3ccccc3)cc2)c1. The van der Waals surface area contributed by atoms with Crippen LogP contribution in [-0.2, 0) is 4.79 Å². The van der Waals surface area contributed by atoms with Crippen molar-refractivity contribution in [1.82, 2.24) is 9.97 Å². The monoisotopic (exact) mass is 440 g/mol. The number of aromatic nitrogens is 2. The van der Waals surface area contributed by atoms with E-state index in [-0.39, 0.29) is 5.82 Å². The van der Waals surface area contributed by atoms with Crippen LogP contribution in [0.4, 0.5) is 34.4 Å². The lowest BCUT2D eigenvalue weighted by atomic mass is 10.2. The van der Waals surface area contributed by atoms with Gasteiger partial charge in [0.1, 0.15) is 23.5 Å². The molecule has 0 saturated heterocycles. The molecule has 4 aromatic rings. The lowest BCUT2D eigenvalue weighted by molar-refractivity contribution is -0.106. The Labute approximate surface area is 192 Å². The minimum Gasteiger partial charge on any atom is -0.457 e. The molecule has 0 radical (unpaired) electrons. The van der Waals surface area contributed by atoms with E-state index in [4.69, 9.17) is 10.5 Å². The molecule has 8 heteroatoms. The molecule has 3 aromatic carbocycles. The van der Waals surface area contributed by atoms with E-state index in [1.54, 1.807) is 0 Å². The van der Waals surface area contributed by atoms with Gasteiger partial charge in [0.2, 0.25) is 6.41 Å². The molecule has 0 atom stereocenters.